The Balaban J connectivity index is 2.08. The maximum absolute atomic E-state index is 12.0. The summed E-state index contributed by atoms with van der Waals surface area (Å²) in [4.78, 5) is 12.0. The molecule has 2 aromatic rings. The van der Waals surface area contributed by atoms with Crippen molar-refractivity contribution in [3.63, 3.8) is 0 Å². The number of benzene rings is 2. The van der Waals surface area contributed by atoms with Gasteiger partial charge in [-0.2, -0.15) is 0 Å². The molecule has 0 bridgehead atoms. The minimum atomic E-state index is -0.0374. The summed E-state index contributed by atoms with van der Waals surface area (Å²) in [5, 5.41) is 3.00. The van der Waals surface area contributed by atoms with Crippen molar-refractivity contribution in [2.45, 2.75) is 19.9 Å². The highest BCUT2D eigenvalue weighted by Crippen LogP contribution is 2.14. The molecule has 0 fully saturated rings. The number of carbonyl (C=O) groups is 1. The smallest absolute Gasteiger partial charge is 0.251 e. The third kappa shape index (κ3) is 2.98. The first-order valence-electron chi connectivity index (χ1n) is 6.09. The molecule has 18 heavy (non-hydrogen) atoms. The Hall–Kier alpha value is -2.09. The molecular formula is C16H17NO. The van der Waals surface area contributed by atoms with Crippen LogP contribution in [0.5, 0.6) is 0 Å². The predicted octanol–water partition coefficient (Wildman–Crippen LogP) is 3.49. The average Bonchev–Trinajstić information content (AvgIpc) is 2.39. The molecule has 0 radical (unpaired) electrons. The van der Waals surface area contributed by atoms with Crippen molar-refractivity contribution in [3.05, 3.63) is 71.3 Å². The monoisotopic (exact) mass is 239 g/mol. The van der Waals surface area contributed by atoms with Crippen molar-refractivity contribution in [1.82, 2.24) is 5.32 Å². The minimum absolute atomic E-state index is 0.0117. The van der Waals surface area contributed by atoms with E-state index in [2.05, 4.69) is 24.4 Å². The van der Waals surface area contributed by atoms with Gasteiger partial charge < -0.3 is 5.32 Å². The third-order valence-corrected chi connectivity index (χ3v) is 2.93. The molecule has 0 aliphatic heterocycles. The van der Waals surface area contributed by atoms with Crippen LogP contribution >= 0.6 is 0 Å². The lowest BCUT2D eigenvalue weighted by Crippen LogP contribution is -2.26. The van der Waals surface area contributed by atoms with Gasteiger partial charge in [-0.3, -0.25) is 4.79 Å². The van der Waals surface area contributed by atoms with Crippen LogP contribution in [0.3, 0.4) is 0 Å². The first-order valence-corrected chi connectivity index (χ1v) is 6.09. The Labute approximate surface area is 108 Å². The number of nitrogens with one attached hydrogen (secondary N) is 1. The lowest BCUT2D eigenvalue weighted by molar-refractivity contribution is 0.0940. The molecule has 0 unspecified atom stereocenters. The molecule has 1 N–H and O–H groups in total. The molecule has 0 aliphatic carbocycles. The van der Waals surface area contributed by atoms with E-state index < -0.39 is 0 Å². The summed E-state index contributed by atoms with van der Waals surface area (Å²) in [6, 6.07) is 17.5. The Bertz CT molecular complexity index is 534. The Morgan fingerprint density at radius 3 is 2.44 bits per heavy atom. The van der Waals surface area contributed by atoms with E-state index in [1.54, 1.807) is 0 Å². The zero-order valence-corrected chi connectivity index (χ0v) is 10.7. The molecule has 0 spiro atoms. The fourth-order valence-corrected chi connectivity index (χ4v) is 1.89. The van der Waals surface area contributed by atoms with Gasteiger partial charge in [0.25, 0.3) is 5.91 Å². The van der Waals surface area contributed by atoms with Crippen molar-refractivity contribution in [2.24, 2.45) is 0 Å². The molecule has 0 heterocycles. The van der Waals surface area contributed by atoms with Crippen molar-refractivity contribution in [1.29, 1.82) is 0 Å². The summed E-state index contributed by atoms with van der Waals surface area (Å²) >= 11 is 0. The predicted molar refractivity (Wildman–Crippen MR) is 73.5 cm³/mol. The van der Waals surface area contributed by atoms with Crippen molar-refractivity contribution in [2.75, 3.05) is 0 Å². The molecule has 1 amide bonds. The van der Waals surface area contributed by atoms with Gasteiger partial charge in [0.15, 0.2) is 0 Å². The highest BCUT2D eigenvalue weighted by molar-refractivity contribution is 5.94. The summed E-state index contributed by atoms with van der Waals surface area (Å²) in [7, 11) is 0. The molecule has 0 aliphatic rings. The van der Waals surface area contributed by atoms with Gasteiger partial charge in [0.1, 0.15) is 0 Å². The van der Waals surface area contributed by atoms with E-state index in [0.29, 0.717) is 5.56 Å². The van der Waals surface area contributed by atoms with Crippen molar-refractivity contribution < 1.29 is 4.79 Å². The number of rotatable bonds is 3. The fourth-order valence-electron chi connectivity index (χ4n) is 1.89. The van der Waals surface area contributed by atoms with Crippen LogP contribution in [0.25, 0.3) is 0 Å². The van der Waals surface area contributed by atoms with E-state index in [-0.39, 0.29) is 11.9 Å². The molecule has 1 atom stereocenters. The zero-order valence-electron chi connectivity index (χ0n) is 10.7. The summed E-state index contributed by atoms with van der Waals surface area (Å²) < 4.78 is 0. The molecule has 0 saturated heterocycles. The standard InChI is InChI=1S/C16H17NO/c1-12-7-6-10-15(11-12)13(2)17-16(18)14-8-4-3-5-9-14/h3-11,13H,1-2H3,(H,17,18)/t13-/m1/s1. The average molecular weight is 239 g/mol. The van der Waals surface area contributed by atoms with Gasteiger partial charge in [-0.05, 0) is 31.5 Å². The van der Waals surface area contributed by atoms with Gasteiger partial charge in [0, 0.05) is 5.56 Å². The van der Waals surface area contributed by atoms with Crippen LogP contribution < -0.4 is 5.32 Å². The van der Waals surface area contributed by atoms with E-state index in [0.717, 1.165) is 5.56 Å². The molecule has 2 nitrogen and oxygen atoms in total. The molecule has 0 aromatic heterocycles. The first-order chi connectivity index (χ1) is 8.66. The van der Waals surface area contributed by atoms with E-state index >= 15 is 0 Å². The summed E-state index contributed by atoms with van der Waals surface area (Å²) in [6.45, 7) is 4.05. The highest BCUT2D eigenvalue weighted by atomic mass is 16.1. The Morgan fingerprint density at radius 2 is 1.78 bits per heavy atom. The van der Waals surface area contributed by atoms with Crippen LogP contribution in [0.15, 0.2) is 54.6 Å². The molecule has 0 saturated carbocycles. The Morgan fingerprint density at radius 1 is 1.06 bits per heavy atom. The minimum Gasteiger partial charge on any atom is -0.346 e. The van der Waals surface area contributed by atoms with E-state index in [1.165, 1.54) is 5.56 Å². The maximum atomic E-state index is 12.0. The first kappa shape index (κ1) is 12.4. The van der Waals surface area contributed by atoms with E-state index in [1.807, 2.05) is 49.4 Å². The lowest BCUT2D eigenvalue weighted by Gasteiger charge is -2.14. The molecule has 2 aromatic carbocycles. The van der Waals surface area contributed by atoms with Crippen LogP contribution in [0.1, 0.15) is 34.5 Å². The normalized spacial score (nSPS) is 11.9. The number of hydrogen-bond acceptors (Lipinski definition) is 1. The third-order valence-electron chi connectivity index (χ3n) is 2.93. The number of amides is 1. The molecular weight excluding hydrogens is 222 g/mol. The van der Waals surface area contributed by atoms with Crippen molar-refractivity contribution >= 4 is 5.91 Å². The molecule has 92 valence electrons. The van der Waals surface area contributed by atoms with E-state index in [9.17, 15) is 4.79 Å². The van der Waals surface area contributed by atoms with Gasteiger partial charge in [0.05, 0.1) is 6.04 Å². The number of hydrogen-bond donors (Lipinski definition) is 1. The van der Waals surface area contributed by atoms with Gasteiger partial charge in [-0.25, -0.2) is 0 Å². The highest BCUT2D eigenvalue weighted by Gasteiger charge is 2.10. The van der Waals surface area contributed by atoms with Crippen LogP contribution in [0.4, 0.5) is 0 Å². The van der Waals surface area contributed by atoms with Crippen molar-refractivity contribution in [3.8, 4) is 0 Å². The number of aryl methyl sites for hydroxylation is 1. The quantitative estimate of drug-likeness (QED) is 0.872. The Kier molecular flexibility index (Phi) is 3.78. The SMILES string of the molecule is Cc1cccc([C@@H](C)NC(=O)c2ccccc2)c1. The largest absolute Gasteiger partial charge is 0.346 e. The van der Waals surface area contributed by atoms with Crippen LogP contribution in [-0.4, -0.2) is 5.91 Å². The van der Waals surface area contributed by atoms with Crippen LogP contribution in [0, 0.1) is 6.92 Å². The van der Waals surface area contributed by atoms with Crippen LogP contribution in [0.2, 0.25) is 0 Å². The summed E-state index contributed by atoms with van der Waals surface area (Å²) in [5.74, 6) is -0.0374. The van der Waals surface area contributed by atoms with Gasteiger partial charge >= 0.3 is 0 Å². The number of carbonyl (C=O) groups excluding carboxylic acids is 1. The summed E-state index contributed by atoms with van der Waals surface area (Å²) in [6.07, 6.45) is 0. The summed E-state index contributed by atoms with van der Waals surface area (Å²) in [5.41, 5.74) is 3.02. The second-order valence-electron chi connectivity index (χ2n) is 4.48. The zero-order chi connectivity index (χ0) is 13.0. The maximum Gasteiger partial charge on any atom is 0.251 e. The van der Waals surface area contributed by atoms with Gasteiger partial charge in [0.2, 0.25) is 0 Å². The fraction of sp³-hybridized carbons (Fsp3) is 0.188. The van der Waals surface area contributed by atoms with Gasteiger partial charge in [-0.15, -0.1) is 0 Å². The van der Waals surface area contributed by atoms with Gasteiger partial charge in [-0.1, -0.05) is 48.0 Å². The molecule has 2 heteroatoms. The second kappa shape index (κ2) is 5.50. The molecule has 2 rings (SSSR count). The topological polar surface area (TPSA) is 29.1 Å². The van der Waals surface area contributed by atoms with E-state index in [4.69, 9.17) is 0 Å². The lowest BCUT2D eigenvalue weighted by atomic mass is 10.1. The second-order valence-corrected chi connectivity index (χ2v) is 4.48. The van der Waals surface area contributed by atoms with Crippen LogP contribution in [-0.2, 0) is 0 Å².